The summed E-state index contributed by atoms with van der Waals surface area (Å²) < 4.78 is 8.51. The van der Waals surface area contributed by atoms with Gasteiger partial charge in [0.05, 0.1) is 29.9 Å². The van der Waals surface area contributed by atoms with E-state index in [1.165, 1.54) is 17.0 Å². The molecule has 1 aliphatic heterocycles. The lowest BCUT2D eigenvalue weighted by molar-refractivity contribution is -0.115. The number of benzene rings is 2. The van der Waals surface area contributed by atoms with Gasteiger partial charge in [-0.1, -0.05) is 22.9 Å². The molecule has 1 fully saturated rings. The van der Waals surface area contributed by atoms with Crippen molar-refractivity contribution in [1.29, 1.82) is 0 Å². The number of aromatic nitrogens is 2. The lowest BCUT2D eigenvalue weighted by Crippen LogP contribution is -2.36. The molecule has 8 heteroatoms. The zero-order valence-electron chi connectivity index (χ0n) is 16.5. The number of carbonyl (C=O) groups excluding carboxylic acids is 1. The normalized spacial score (nSPS) is 14.5. The third-order valence-electron chi connectivity index (χ3n) is 5.38. The van der Waals surface area contributed by atoms with Crippen LogP contribution in [0.2, 0.25) is 5.02 Å². The number of halogens is 1. The fraction of sp³-hybridized carbons (Fsp3) is 0.273. The summed E-state index contributed by atoms with van der Waals surface area (Å²) >= 11 is 7.65. The summed E-state index contributed by atoms with van der Waals surface area (Å²) in [6.45, 7) is 3.29. The van der Waals surface area contributed by atoms with Crippen LogP contribution in [0.15, 0.2) is 42.6 Å². The maximum Gasteiger partial charge on any atom is 0.230 e. The van der Waals surface area contributed by atoms with Crippen LogP contribution in [0, 0.1) is 0 Å². The molecule has 5 rings (SSSR count). The van der Waals surface area contributed by atoms with E-state index < -0.39 is 0 Å². The molecule has 1 saturated heterocycles. The van der Waals surface area contributed by atoms with Crippen molar-refractivity contribution in [3.05, 3.63) is 53.2 Å². The Labute approximate surface area is 183 Å². The molecule has 0 bridgehead atoms. The molecule has 1 aliphatic rings. The summed E-state index contributed by atoms with van der Waals surface area (Å²) in [5.74, 6) is -0.0880. The Kier molecular flexibility index (Phi) is 5.10. The highest BCUT2D eigenvalue weighted by molar-refractivity contribution is 7.22. The van der Waals surface area contributed by atoms with Crippen LogP contribution in [0.1, 0.15) is 5.56 Å². The molecule has 3 heterocycles. The van der Waals surface area contributed by atoms with Crippen molar-refractivity contribution in [1.82, 2.24) is 9.55 Å². The Morgan fingerprint density at radius 1 is 1.23 bits per heavy atom. The molecule has 0 aliphatic carbocycles. The molecule has 1 amide bonds. The predicted octanol–water partition coefficient (Wildman–Crippen LogP) is 4.46. The number of morpholine rings is 1. The van der Waals surface area contributed by atoms with Crippen LogP contribution < -0.4 is 10.2 Å². The lowest BCUT2D eigenvalue weighted by atomic mass is 10.1. The molecule has 0 saturated carbocycles. The maximum atomic E-state index is 12.7. The van der Waals surface area contributed by atoms with E-state index >= 15 is 0 Å². The average Bonchev–Trinajstić information content (AvgIpc) is 3.27. The minimum Gasteiger partial charge on any atom is -0.378 e. The largest absolute Gasteiger partial charge is 0.378 e. The molecule has 4 aromatic rings. The number of carbonyl (C=O) groups is 1. The van der Waals surface area contributed by atoms with Gasteiger partial charge < -0.3 is 19.5 Å². The lowest BCUT2D eigenvalue weighted by Gasteiger charge is -2.28. The van der Waals surface area contributed by atoms with E-state index in [4.69, 9.17) is 16.3 Å². The molecule has 154 valence electrons. The van der Waals surface area contributed by atoms with Gasteiger partial charge in [-0.3, -0.25) is 4.79 Å². The minimum absolute atomic E-state index is 0.0880. The van der Waals surface area contributed by atoms with Crippen LogP contribution in [0.4, 0.5) is 10.8 Å². The number of rotatable bonds is 4. The number of anilines is 2. The molecule has 0 unspecified atom stereocenters. The number of fused-ring (bicyclic) bond motifs is 2. The topological polar surface area (TPSA) is 59.4 Å². The highest BCUT2D eigenvalue weighted by atomic mass is 35.5. The van der Waals surface area contributed by atoms with E-state index in [9.17, 15) is 4.79 Å². The van der Waals surface area contributed by atoms with Crippen LogP contribution in [0.5, 0.6) is 0 Å². The van der Waals surface area contributed by atoms with E-state index in [0.29, 0.717) is 10.2 Å². The van der Waals surface area contributed by atoms with Crippen molar-refractivity contribution in [2.24, 2.45) is 7.05 Å². The Morgan fingerprint density at radius 3 is 2.90 bits per heavy atom. The molecule has 1 N–H and O–H groups in total. The smallest absolute Gasteiger partial charge is 0.230 e. The Balaban J connectivity index is 1.34. The molecule has 2 aromatic heterocycles. The molecule has 2 aromatic carbocycles. The zero-order chi connectivity index (χ0) is 20.7. The van der Waals surface area contributed by atoms with E-state index in [0.717, 1.165) is 53.0 Å². The van der Waals surface area contributed by atoms with Crippen molar-refractivity contribution in [2.45, 2.75) is 6.42 Å². The van der Waals surface area contributed by atoms with Crippen LogP contribution in [-0.2, 0) is 23.0 Å². The Morgan fingerprint density at radius 2 is 2.07 bits per heavy atom. The third kappa shape index (κ3) is 3.76. The van der Waals surface area contributed by atoms with E-state index in [1.807, 2.05) is 42.1 Å². The van der Waals surface area contributed by atoms with Crippen LogP contribution in [0.3, 0.4) is 0 Å². The van der Waals surface area contributed by atoms with E-state index in [-0.39, 0.29) is 12.3 Å². The van der Waals surface area contributed by atoms with Gasteiger partial charge in [0.1, 0.15) is 0 Å². The van der Waals surface area contributed by atoms with Crippen molar-refractivity contribution in [3.63, 3.8) is 0 Å². The number of aryl methyl sites for hydroxylation is 1. The highest BCUT2D eigenvalue weighted by Crippen LogP contribution is 2.30. The Hall–Kier alpha value is -2.61. The molecule has 30 heavy (non-hydrogen) atoms. The van der Waals surface area contributed by atoms with Gasteiger partial charge >= 0.3 is 0 Å². The van der Waals surface area contributed by atoms with Crippen molar-refractivity contribution in [3.8, 4) is 0 Å². The monoisotopic (exact) mass is 440 g/mol. The summed E-state index contributed by atoms with van der Waals surface area (Å²) in [5, 5.41) is 5.24. The van der Waals surface area contributed by atoms with Gasteiger partial charge in [-0.2, -0.15) is 0 Å². The SMILES string of the molecule is Cn1cc(CC(=O)Nc2nc3ccc(N4CCOCC4)cc3s2)c2cc(Cl)ccc21. The first-order valence-corrected chi connectivity index (χ1v) is 11.0. The number of hydrogen-bond acceptors (Lipinski definition) is 5. The van der Waals surface area contributed by atoms with Gasteiger partial charge in [0.25, 0.3) is 0 Å². The summed E-state index contributed by atoms with van der Waals surface area (Å²) in [4.78, 5) is 19.6. The standard InChI is InChI=1S/C22H21ClN4O2S/c1-26-13-14(17-11-15(23)2-5-19(17)26)10-21(28)25-22-24-18-4-3-16(12-20(18)30-22)27-6-8-29-9-7-27/h2-5,11-13H,6-10H2,1H3,(H,24,25,28). The fourth-order valence-electron chi connectivity index (χ4n) is 3.91. The second kappa shape index (κ2) is 7.91. The van der Waals surface area contributed by atoms with Gasteiger partial charge in [0.2, 0.25) is 5.91 Å². The molecule has 0 radical (unpaired) electrons. The molecule has 6 nitrogen and oxygen atoms in total. The molecular weight excluding hydrogens is 420 g/mol. The van der Waals surface area contributed by atoms with Crippen molar-refractivity contribution in [2.75, 3.05) is 36.5 Å². The highest BCUT2D eigenvalue weighted by Gasteiger charge is 2.15. The quantitative estimate of drug-likeness (QED) is 0.509. The van der Waals surface area contributed by atoms with Gasteiger partial charge in [0, 0.05) is 47.9 Å². The van der Waals surface area contributed by atoms with Crippen molar-refractivity contribution >= 4 is 60.8 Å². The third-order valence-corrected chi connectivity index (χ3v) is 6.55. The average molecular weight is 441 g/mol. The Bertz CT molecular complexity index is 1240. The molecule has 0 atom stereocenters. The second-order valence-corrected chi connectivity index (χ2v) is 8.89. The number of thiazole rings is 1. The van der Waals surface area contributed by atoms with Crippen LogP contribution >= 0.6 is 22.9 Å². The minimum atomic E-state index is -0.0880. The van der Waals surface area contributed by atoms with Crippen LogP contribution in [-0.4, -0.2) is 41.8 Å². The van der Waals surface area contributed by atoms with Crippen molar-refractivity contribution < 1.29 is 9.53 Å². The number of nitrogens with zero attached hydrogens (tertiary/aromatic N) is 3. The number of nitrogens with one attached hydrogen (secondary N) is 1. The van der Waals surface area contributed by atoms with Crippen LogP contribution in [0.25, 0.3) is 21.1 Å². The second-order valence-electron chi connectivity index (χ2n) is 7.42. The first-order chi connectivity index (χ1) is 14.6. The summed E-state index contributed by atoms with van der Waals surface area (Å²) in [6, 6.07) is 12.0. The summed E-state index contributed by atoms with van der Waals surface area (Å²) in [7, 11) is 1.97. The summed E-state index contributed by atoms with van der Waals surface area (Å²) in [6.07, 6.45) is 2.25. The number of hydrogen-bond donors (Lipinski definition) is 1. The number of amides is 1. The first kappa shape index (κ1) is 19.4. The van der Waals surface area contributed by atoms with E-state index in [1.54, 1.807) is 0 Å². The molecular formula is C22H21ClN4O2S. The summed E-state index contributed by atoms with van der Waals surface area (Å²) in [5.41, 5.74) is 4.06. The van der Waals surface area contributed by atoms with Gasteiger partial charge in [-0.05, 0) is 42.0 Å². The molecule has 0 spiro atoms. The van der Waals surface area contributed by atoms with Gasteiger partial charge in [0.15, 0.2) is 5.13 Å². The number of ether oxygens (including phenoxy) is 1. The fourth-order valence-corrected chi connectivity index (χ4v) is 5.00. The zero-order valence-corrected chi connectivity index (χ0v) is 18.1. The maximum absolute atomic E-state index is 12.7. The predicted molar refractivity (Wildman–Crippen MR) is 123 cm³/mol. The first-order valence-electron chi connectivity index (χ1n) is 9.83. The van der Waals surface area contributed by atoms with Gasteiger partial charge in [-0.25, -0.2) is 4.98 Å². The van der Waals surface area contributed by atoms with Gasteiger partial charge in [-0.15, -0.1) is 0 Å². The van der Waals surface area contributed by atoms with E-state index in [2.05, 4.69) is 27.3 Å².